The quantitative estimate of drug-likeness (QED) is 0.783. The van der Waals surface area contributed by atoms with Gasteiger partial charge in [0, 0.05) is 12.5 Å². The molecule has 1 rings (SSSR count). The summed E-state index contributed by atoms with van der Waals surface area (Å²) >= 11 is 0. The molecule has 0 radical (unpaired) electrons. The van der Waals surface area contributed by atoms with Crippen LogP contribution in [-0.4, -0.2) is 24.4 Å². The molecule has 0 aliphatic heterocycles. The first-order valence-corrected chi connectivity index (χ1v) is 6.69. The molecule has 0 heterocycles. The summed E-state index contributed by atoms with van der Waals surface area (Å²) in [5.74, 6) is 0.906. The lowest BCUT2D eigenvalue weighted by atomic mass is 10.1. The molecule has 0 aromatic heterocycles. The van der Waals surface area contributed by atoms with Gasteiger partial charge < -0.3 is 15.2 Å². The molecule has 1 aromatic rings. The van der Waals surface area contributed by atoms with Gasteiger partial charge in [-0.15, -0.1) is 0 Å². The third-order valence-electron chi connectivity index (χ3n) is 3.00. The third kappa shape index (κ3) is 4.67. The zero-order valence-electron chi connectivity index (χ0n) is 11.9. The van der Waals surface area contributed by atoms with Crippen LogP contribution in [0.2, 0.25) is 0 Å². The SMILES string of the molecule is CCNC(C)c1ccc(OCCC(C)O)c(C)c1. The second kappa shape index (κ2) is 7.39. The molecule has 1 aromatic carbocycles. The van der Waals surface area contributed by atoms with Crippen LogP contribution in [0.3, 0.4) is 0 Å². The van der Waals surface area contributed by atoms with Crippen LogP contribution in [0.4, 0.5) is 0 Å². The zero-order chi connectivity index (χ0) is 13.5. The molecule has 0 amide bonds. The van der Waals surface area contributed by atoms with E-state index in [9.17, 15) is 5.11 Å². The van der Waals surface area contributed by atoms with Crippen molar-refractivity contribution in [3.8, 4) is 5.75 Å². The number of nitrogens with one attached hydrogen (secondary N) is 1. The van der Waals surface area contributed by atoms with Crippen molar-refractivity contribution in [1.29, 1.82) is 0 Å². The Balaban J connectivity index is 2.62. The van der Waals surface area contributed by atoms with Gasteiger partial charge in [-0.2, -0.15) is 0 Å². The molecule has 102 valence electrons. The van der Waals surface area contributed by atoms with Gasteiger partial charge in [0.25, 0.3) is 0 Å². The molecule has 3 nitrogen and oxygen atoms in total. The molecule has 0 saturated carbocycles. The number of benzene rings is 1. The Hall–Kier alpha value is -1.06. The predicted molar refractivity (Wildman–Crippen MR) is 75.1 cm³/mol. The smallest absolute Gasteiger partial charge is 0.122 e. The molecular weight excluding hydrogens is 226 g/mol. The first-order valence-electron chi connectivity index (χ1n) is 6.69. The molecule has 0 bridgehead atoms. The van der Waals surface area contributed by atoms with E-state index in [1.54, 1.807) is 6.92 Å². The van der Waals surface area contributed by atoms with Crippen molar-refractivity contribution in [3.05, 3.63) is 29.3 Å². The fourth-order valence-electron chi connectivity index (χ4n) is 1.87. The third-order valence-corrected chi connectivity index (χ3v) is 3.00. The Morgan fingerprint density at radius 1 is 1.33 bits per heavy atom. The van der Waals surface area contributed by atoms with Crippen LogP contribution >= 0.6 is 0 Å². The molecule has 0 spiro atoms. The van der Waals surface area contributed by atoms with Gasteiger partial charge in [0.2, 0.25) is 0 Å². The van der Waals surface area contributed by atoms with E-state index in [4.69, 9.17) is 4.74 Å². The van der Waals surface area contributed by atoms with Crippen molar-refractivity contribution in [2.45, 2.75) is 46.3 Å². The number of rotatable bonds is 7. The maximum absolute atomic E-state index is 9.19. The Morgan fingerprint density at radius 3 is 2.61 bits per heavy atom. The van der Waals surface area contributed by atoms with Gasteiger partial charge in [0.1, 0.15) is 5.75 Å². The number of hydrogen-bond donors (Lipinski definition) is 2. The van der Waals surface area contributed by atoms with Crippen molar-refractivity contribution in [1.82, 2.24) is 5.32 Å². The molecule has 2 atom stereocenters. The van der Waals surface area contributed by atoms with E-state index in [1.807, 2.05) is 6.07 Å². The number of hydrogen-bond acceptors (Lipinski definition) is 3. The predicted octanol–water partition coefficient (Wildman–Crippen LogP) is 2.82. The van der Waals surface area contributed by atoms with Gasteiger partial charge in [0.05, 0.1) is 12.7 Å². The van der Waals surface area contributed by atoms with Gasteiger partial charge >= 0.3 is 0 Å². The van der Waals surface area contributed by atoms with Crippen LogP contribution in [0.15, 0.2) is 18.2 Å². The maximum atomic E-state index is 9.19. The Kier molecular flexibility index (Phi) is 6.16. The lowest BCUT2D eigenvalue weighted by molar-refractivity contribution is 0.155. The highest BCUT2D eigenvalue weighted by molar-refractivity contribution is 5.37. The number of ether oxygens (including phenoxy) is 1. The highest BCUT2D eigenvalue weighted by atomic mass is 16.5. The summed E-state index contributed by atoms with van der Waals surface area (Å²) < 4.78 is 5.66. The van der Waals surface area contributed by atoms with E-state index in [-0.39, 0.29) is 6.10 Å². The highest BCUT2D eigenvalue weighted by Crippen LogP contribution is 2.22. The van der Waals surface area contributed by atoms with Gasteiger partial charge in [0.15, 0.2) is 0 Å². The van der Waals surface area contributed by atoms with Crippen molar-refractivity contribution >= 4 is 0 Å². The fraction of sp³-hybridized carbons (Fsp3) is 0.600. The summed E-state index contributed by atoms with van der Waals surface area (Å²) in [5.41, 5.74) is 2.42. The van der Waals surface area contributed by atoms with Crippen LogP contribution < -0.4 is 10.1 Å². The van der Waals surface area contributed by atoms with E-state index < -0.39 is 0 Å². The van der Waals surface area contributed by atoms with E-state index in [0.717, 1.165) is 17.9 Å². The van der Waals surface area contributed by atoms with E-state index in [1.165, 1.54) is 5.56 Å². The second-order valence-corrected chi connectivity index (χ2v) is 4.79. The molecular formula is C15H25NO2. The summed E-state index contributed by atoms with van der Waals surface area (Å²) in [5, 5.41) is 12.6. The zero-order valence-corrected chi connectivity index (χ0v) is 11.9. The Labute approximate surface area is 110 Å². The average molecular weight is 251 g/mol. The molecule has 18 heavy (non-hydrogen) atoms. The Morgan fingerprint density at radius 2 is 2.06 bits per heavy atom. The van der Waals surface area contributed by atoms with Crippen LogP contribution in [0.1, 0.15) is 44.4 Å². The minimum absolute atomic E-state index is 0.307. The van der Waals surface area contributed by atoms with E-state index in [0.29, 0.717) is 19.1 Å². The van der Waals surface area contributed by atoms with Crippen LogP contribution in [0.5, 0.6) is 5.75 Å². The number of aryl methyl sites for hydroxylation is 1. The first kappa shape index (κ1) is 15.0. The highest BCUT2D eigenvalue weighted by Gasteiger charge is 2.07. The van der Waals surface area contributed by atoms with Gasteiger partial charge in [-0.1, -0.05) is 19.1 Å². The Bertz CT molecular complexity index is 364. The maximum Gasteiger partial charge on any atom is 0.122 e. The molecule has 3 heteroatoms. The fourth-order valence-corrected chi connectivity index (χ4v) is 1.87. The lowest BCUT2D eigenvalue weighted by Gasteiger charge is -2.16. The number of aliphatic hydroxyl groups is 1. The summed E-state index contributed by atoms with van der Waals surface area (Å²) in [6.07, 6.45) is 0.355. The van der Waals surface area contributed by atoms with Crippen LogP contribution in [0.25, 0.3) is 0 Å². The largest absolute Gasteiger partial charge is 0.493 e. The second-order valence-electron chi connectivity index (χ2n) is 4.79. The standard InChI is InChI=1S/C15H25NO2/c1-5-16-13(4)14-6-7-15(11(2)10-14)18-9-8-12(3)17/h6-7,10,12-13,16-17H,5,8-9H2,1-4H3. The molecule has 2 N–H and O–H groups in total. The summed E-state index contributed by atoms with van der Waals surface area (Å²) in [6.45, 7) is 9.62. The molecule has 2 unspecified atom stereocenters. The monoisotopic (exact) mass is 251 g/mol. The van der Waals surface area contributed by atoms with E-state index >= 15 is 0 Å². The summed E-state index contributed by atoms with van der Waals surface area (Å²) in [4.78, 5) is 0. The molecule has 0 aliphatic carbocycles. The summed E-state index contributed by atoms with van der Waals surface area (Å²) in [6, 6.07) is 6.63. The van der Waals surface area contributed by atoms with E-state index in [2.05, 4.69) is 38.2 Å². The van der Waals surface area contributed by atoms with Gasteiger partial charge in [-0.3, -0.25) is 0 Å². The van der Waals surface area contributed by atoms with Crippen molar-refractivity contribution in [2.24, 2.45) is 0 Å². The molecule has 0 aliphatic rings. The minimum atomic E-state index is -0.307. The van der Waals surface area contributed by atoms with Crippen LogP contribution in [-0.2, 0) is 0 Å². The summed E-state index contributed by atoms with van der Waals surface area (Å²) in [7, 11) is 0. The topological polar surface area (TPSA) is 41.5 Å². The van der Waals surface area contributed by atoms with Crippen molar-refractivity contribution < 1.29 is 9.84 Å². The van der Waals surface area contributed by atoms with Crippen molar-refractivity contribution in [2.75, 3.05) is 13.2 Å². The minimum Gasteiger partial charge on any atom is -0.493 e. The average Bonchev–Trinajstić information content (AvgIpc) is 2.31. The lowest BCUT2D eigenvalue weighted by Crippen LogP contribution is -2.17. The van der Waals surface area contributed by atoms with Crippen molar-refractivity contribution in [3.63, 3.8) is 0 Å². The first-order chi connectivity index (χ1) is 8.54. The normalized spacial score (nSPS) is 14.3. The molecule has 0 saturated heterocycles. The number of aliphatic hydroxyl groups excluding tert-OH is 1. The molecule has 0 fully saturated rings. The van der Waals surface area contributed by atoms with Gasteiger partial charge in [-0.05, 0) is 44.5 Å². The van der Waals surface area contributed by atoms with Crippen LogP contribution in [0, 0.1) is 6.92 Å². The van der Waals surface area contributed by atoms with Gasteiger partial charge in [-0.25, -0.2) is 0 Å².